The molecule has 0 aliphatic carbocycles. The summed E-state index contributed by atoms with van der Waals surface area (Å²) in [6, 6.07) is 18.2. The second-order valence-electron chi connectivity index (χ2n) is 11.0. The third-order valence-electron chi connectivity index (χ3n) is 7.30. The Balaban J connectivity index is 1.34. The molecule has 1 amide bonds. The number of nitrogens with zero attached hydrogens (tertiary/aromatic N) is 2. The summed E-state index contributed by atoms with van der Waals surface area (Å²) in [5, 5.41) is 12.4. The van der Waals surface area contributed by atoms with Gasteiger partial charge in [0.1, 0.15) is 11.8 Å². The molecule has 2 unspecified atom stereocenters. The molecule has 4 aromatic rings. The van der Waals surface area contributed by atoms with Gasteiger partial charge in [0.2, 0.25) is 0 Å². The van der Waals surface area contributed by atoms with E-state index in [2.05, 4.69) is 28.1 Å². The molecule has 0 aliphatic rings. The fourth-order valence-corrected chi connectivity index (χ4v) is 5.73. The van der Waals surface area contributed by atoms with Gasteiger partial charge in [0, 0.05) is 41.1 Å². The van der Waals surface area contributed by atoms with Crippen molar-refractivity contribution in [2.75, 3.05) is 12.9 Å². The van der Waals surface area contributed by atoms with E-state index in [1.54, 1.807) is 24.5 Å². The zero-order valence-electron chi connectivity index (χ0n) is 25.5. The van der Waals surface area contributed by atoms with E-state index in [0.717, 1.165) is 35.5 Å². The van der Waals surface area contributed by atoms with Crippen molar-refractivity contribution in [3.05, 3.63) is 95.3 Å². The number of ether oxygens (including phenoxy) is 1. The lowest BCUT2D eigenvalue weighted by atomic mass is 10.0. The van der Waals surface area contributed by atoms with Crippen LogP contribution >= 0.6 is 11.6 Å². The number of carboxylic acids is 1. The van der Waals surface area contributed by atoms with Gasteiger partial charge in [-0.25, -0.2) is 14.8 Å². The number of hydrogen-bond acceptors (Lipinski definition) is 6. The highest BCUT2D eigenvalue weighted by atomic mass is 35.5. The second-order valence-corrected chi connectivity index (χ2v) is 13.9. The van der Waals surface area contributed by atoms with Gasteiger partial charge in [0.05, 0.1) is 17.2 Å². The van der Waals surface area contributed by atoms with Crippen molar-refractivity contribution in [1.29, 1.82) is 0 Å². The van der Waals surface area contributed by atoms with Crippen molar-refractivity contribution in [2.45, 2.75) is 56.4 Å². The van der Waals surface area contributed by atoms with Gasteiger partial charge in [-0.2, -0.15) is 0 Å². The number of amides is 1. The Kier molecular flexibility index (Phi) is 11.7. The van der Waals surface area contributed by atoms with E-state index in [1.165, 1.54) is 50.1 Å². The summed E-state index contributed by atoms with van der Waals surface area (Å²) in [5.74, 6) is 3.17. The fourth-order valence-electron chi connectivity index (χ4n) is 4.68. The molecule has 0 radical (unpaired) electrons. The normalized spacial score (nSPS) is 13.0. The highest BCUT2D eigenvalue weighted by Gasteiger charge is 2.23. The molecule has 45 heavy (non-hydrogen) atoms. The van der Waals surface area contributed by atoms with E-state index >= 15 is 0 Å². The van der Waals surface area contributed by atoms with Gasteiger partial charge in [-0.05, 0) is 63.3 Å². The van der Waals surface area contributed by atoms with Gasteiger partial charge in [-0.1, -0.05) is 80.6 Å². The molecular formula is C35H38ClN3O5S. The highest BCUT2D eigenvalue weighted by Crippen LogP contribution is 2.24. The van der Waals surface area contributed by atoms with Crippen molar-refractivity contribution in [2.24, 2.45) is 0 Å². The quantitative estimate of drug-likeness (QED) is 0.106. The van der Waals surface area contributed by atoms with E-state index in [0.29, 0.717) is 16.3 Å². The molecule has 0 spiro atoms. The number of carboxylic acid groups (broad SMARTS) is 1. The first-order chi connectivity index (χ1) is 21.5. The average Bonchev–Trinajstić information content (AvgIpc) is 3.02. The number of carbonyl (C=O) groups excluding carboxylic acids is 1. The summed E-state index contributed by atoms with van der Waals surface area (Å²) in [7, 11) is -2.51. The lowest BCUT2D eigenvalue weighted by Gasteiger charge is -2.16. The first kappa shape index (κ1) is 33.7. The maximum Gasteiger partial charge on any atom is 0.326 e. The van der Waals surface area contributed by atoms with Crippen LogP contribution in [0.2, 0.25) is 5.02 Å². The van der Waals surface area contributed by atoms with Crippen LogP contribution in [0.3, 0.4) is 0 Å². The molecule has 3 aromatic carbocycles. The number of hydrogen-bond donors (Lipinski definition) is 2. The molecule has 2 N–H and O–H groups in total. The Labute approximate surface area is 269 Å². The number of rotatable bonds is 15. The van der Waals surface area contributed by atoms with E-state index < -0.39 is 27.4 Å². The van der Waals surface area contributed by atoms with Crippen LogP contribution in [0.1, 0.15) is 54.9 Å². The van der Waals surface area contributed by atoms with Gasteiger partial charge < -0.3 is 15.2 Å². The van der Waals surface area contributed by atoms with E-state index in [4.69, 9.17) is 16.3 Å². The third-order valence-corrected chi connectivity index (χ3v) is 8.86. The molecule has 0 saturated carbocycles. The van der Waals surface area contributed by atoms with Gasteiger partial charge in [0.25, 0.3) is 5.91 Å². The number of nitrogens with one attached hydrogen (secondary N) is 1. The third kappa shape index (κ3) is 9.64. The van der Waals surface area contributed by atoms with Crippen LogP contribution in [0, 0.1) is 0 Å². The standard InChI is InChI=1S/C35H38ClN3O5S/c1-4-5-6-7-8-19-44-28-15-13-25(14-16-28)27-22-37-33(38-23-27)26-11-9-24(10-12-26)20-32(35(41)42)39-34(40)30-18-17-29(21-31(30)36)45(2,3)43/h9-18,21-23,32H,2,4-8,19-20H2,1,3H3,(H,39,40)(H,41,42). The predicted octanol–water partition coefficient (Wildman–Crippen LogP) is 6.94. The number of benzene rings is 3. The lowest BCUT2D eigenvalue weighted by Crippen LogP contribution is -2.42. The zero-order chi connectivity index (χ0) is 32.4. The number of carbonyl (C=O) groups is 2. The lowest BCUT2D eigenvalue weighted by molar-refractivity contribution is -0.139. The molecule has 0 saturated heterocycles. The van der Waals surface area contributed by atoms with E-state index in [1.807, 2.05) is 36.4 Å². The summed E-state index contributed by atoms with van der Waals surface area (Å²) < 4.78 is 18.0. The molecule has 4 rings (SSSR count). The molecule has 0 bridgehead atoms. The van der Waals surface area contributed by atoms with Crippen LogP contribution in [-0.2, 0) is 20.7 Å². The van der Waals surface area contributed by atoms with Crippen LogP contribution in [0.25, 0.3) is 22.5 Å². The molecule has 1 heterocycles. The Morgan fingerprint density at radius 3 is 2.18 bits per heavy atom. The SMILES string of the molecule is C=S(C)(=O)c1ccc(C(=O)NC(Cc2ccc(-c3ncc(-c4ccc(OCCCCCCC)cc4)cn3)cc2)C(=O)O)c(Cl)c1. The monoisotopic (exact) mass is 647 g/mol. The molecule has 10 heteroatoms. The zero-order valence-corrected chi connectivity index (χ0v) is 27.1. The number of halogens is 1. The van der Waals surface area contributed by atoms with Crippen molar-refractivity contribution in [3.8, 4) is 28.3 Å². The first-order valence-electron chi connectivity index (χ1n) is 14.8. The van der Waals surface area contributed by atoms with Gasteiger partial charge in [-0.3, -0.25) is 9.00 Å². The molecule has 1 aromatic heterocycles. The minimum Gasteiger partial charge on any atom is -0.494 e. The van der Waals surface area contributed by atoms with Crippen molar-refractivity contribution in [1.82, 2.24) is 15.3 Å². The Hall–Kier alpha value is -4.21. The maximum atomic E-state index is 12.8. The minimum atomic E-state index is -2.51. The van der Waals surface area contributed by atoms with Crippen LogP contribution in [-0.4, -0.2) is 55.9 Å². The van der Waals surface area contributed by atoms with Crippen molar-refractivity contribution < 1.29 is 23.6 Å². The molecule has 0 aliphatic heterocycles. The molecule has 0 fully saturated rings. The summed E-state index contributed by atoms with van der Waals surface area (Å²) in [6.45, 7) is 2.93. The minimum absolute atomic E-state index is 0.0527. The average molecular weight is 648 g/mol. The van der Waals surface area contributed by atoms with E-state index in [9.17, 15) is 18.9 Å². The maximum absolute atomic E-state index is 12.8. The van der Waals surface area contributed by atoms with Gasteiger partial charge in [0.15, 0.2) is 5.82 Å². The number of unbranched alkanes of at least 4 members (excludes halogenated alkanes) is 4. The topological polar surface area (TPSA) is 118 Å². The first-order valence-corrected chi connectivity index (χ1v) is 17.4. The Morgan fingerprint density at radius 1 is 0.933 bits per heavy atom. The van der Waals surface area contributed by atoms with E-state index in [-0.39, 0.29) is 17.0 Å². The molecule has 8 nitrogen and oxygen atoms in total. The largest absolute Gasteiger partial charge is 0.494 e. The van der Waals surface area contributed by atoms with Gasteiger partial charge >= 0.3 is 5.97 Å². The molecule has 236 valence electrons. The van der Waals surface area contributed by atoms with Crippen molar-refractivity contribution in [3.63, 3.8) is 0 Å². The predicted molar refractivity (Wildman–Crippen MR) is 181 cm³/mol. The molecular weight excluding hydrogens is 610 g/mol. The number of aromatic nitrogens is 2. The summed E-state index contributed by atoms with van der Waals surface area (Å²) in [5.41, 5.74) is 3.43. The summed E-state index contributed by atoms with van der Waals surface area (Å²) in [6.07, 6.45) is 11.1. The van der Waals surface area contributed by atoms with Crippen LogP contribution in [0.4, 0.5) is 0 Å². The van der Waals surface area contributed by atoms with Crippen molar-refractivity contribution >= 4 is 38.9 Å². The summed E-state index contributed by atoms with van der Waals surface area (Å²) >= 11 is 6.23. The molecule has 2 atom stereocenters. The van der Waals surface area contributed by atoms with Crippen LogP contribution in [0.15, 0.2) is 84.0 Å². The van der Waals surface area contributed by atoms with Gasteiger partial charge in [-0.15, -0.1) is 0 Å². The highest BCUT2D eigenvalue weighted by molar-refractivity contribution is 7.99. The smallest absolute Gasteiger partial charge is 0.326 e. The Morgan fingerprint density at radius 2 is 1.58 bits per heavy atom. The van der Waals surface area contributed by atoms with Crippen LogP contribution in [0.5, 0.6) is 5.75 Å². The fraction of sp³-hybridized carbons (Fsp3) is 0.286. The Bertz CT molecular complexity index is 1710. The number of aliphatic carboxylic acids is 1. The second kappa shape index (κ2) is 15.7. The summed E-state index contributed by atoms with van der Waals surface area (Å²) in [4.78, 5) is 34.3. The van der Waals surface area contributed by atoms with Crippen LogP contribution < -0.4 is 10.1 Å².